The Bertz CT molecular complexity index is 1340. The molecule has 0 radical (unpaired) electrons. The summed E-state index contributed by atoms with van der Waals surface area (Å²) in [6.45, 7) is 9.50. The molecular formula is C52H84N8NiO8-4. The van der Waals surface area contributed by atoms with Crippen LogP contribution >= 0.6 is 0 Å². The third-order valence-corrected chi connectivity index (χ3v) is 10.6. The number of carbonyl (C=O) groups excluding carboxylic acids is 4. The number of nitrogens with zero attached hydrogens (tertiary/aromatic N) is 8. The normalized spacial score (nSPS) is 10.9. The molecule has 0 bridgehead atoms. The van der Waals surface area contributed by atoms with Crippen LogP contribution < -0.4 is 0 Å². The number of rotatable bonds is 40. The number of ether oxygens (including phenoxy) is 4. The van der Waals surface area contributed by atoms with E-state index in [-0.39, 0.29) is 42.9 Å². The van der Waals surface area contributed by atoms with Gasteiger partial charge in [0.25, 0.3) is 0 Å². The van der Waals surface area contributed by atoms with Gasteiger partial charge in [-0.2, -0.15) is 21.0 Å². The zero-order chi connectivity index (χ0) is 50.6. The molecule has 0 fully saturated rings. The average Bonchev–Trinajstić information content (AvgIpc) is 3.34. The molecule has 0 aromatic carbocycles. The molecule has 0 aliphatic carbocycles. The number of hydrogen-bond donors (Lipinski definition) is 0. The Labute approximate surface area is 426 Å². The molecule has 0 aliphatic rings. The van der Waals surface area contributed by atoms with E-state index in [4.69, 9.17) is 18.9 Å². The van der Waals surface area contributed by atoms with E-state index in [9.17, 15) is 40.2 Å². The van der Waals surface area contributed by atoms with E-state index in [0.29, 0.717) is 25.7 Å². The second-order valence-electron chi connectivity index (χ2n) is 16.6. The van der Waals surface area contributed by atoms with Crippen molar-refractivity contribution in [2.75, 3.05) is 26.4 Å². The Morgan fingerprint density at radius 1 is 0.290 bits per heavy atom. The second kappa shape index (κ2) is 54.0. The van der Waals surface area contributed by atoms with Gasteiger partial charge in [0.05, 0.1) is 50.7 Å². The smallest absolute Gasteiger partial charge is 0.233 e. The van der Waals surface area contributed by atoms with Crippen molar-refractivity contribution in [2.24, 2.45) is 0 Å². The average molecular weight is 1010 g/mol. The third kappa shape index (κ3) is 46.5. The van der Waals surface area contributed by atoms with Crippen LogP contribution in [0.2, 0.25) is 0 Å². The van der Waals surface area contributed by atoms with E-state index >= 15 is 0 Å². The van der Waals surface area contributed by atoms with Crippen molar-refractivity contribution < 1.29 is 54.6 Å². The van der Waals surface area contributed by atoms with Crippen LogP contribution in [0.5, 0.6) is 0 Å². The Kier molecular flexibility index (Phi) is 53.4. The van der Waals surface area contributed by atoms with Gasteiger partial charge in [0, 0.05) is 16.5 Å². The maximum absolute atomic E-state index is 11.8. The molecule has 0 atom stereocenters. The van der Waals surface area contributed by atoms with Gasteiger partial charge in [0.2, 0.25) is 24.4 Å². The molecule has 0 saturated heterocycles. The van der Waals surface area contributed by atoms with Crippen LogP contribution in [0.4, 0.5) is 19.2 Å². The molecule has 0 aliphatic heterocycles. The fraction of sp³-hybridized carbons (Fsp3) is 0.769. The first-order valence-corrected chi connectivity index (χ1v) is 25.8. The molecule has 0 saturated carbocycles. The second-order valence-corrected chi connectivity index (χ2v) is 16.6. The van der Waals surface area contributed by atoms with Crippen molar-refractivity contribution in [3.05, 3.63) is 44.1 Å². The van der Waals surface area contributed by atoms with Crippen molar-refractivity contribution in [2.45, 2.75) is 233 Å². The quantitative estimate of drug-likeness (QED) is 0.0240. The number of unbranched alkanes of at least 4 members (excludes halogenated alkanes) is 28. The van der Waals surface area contributed by atoms with Crippen LogP contribution in [0.1, 0.15) is 233 Å². The molecule has 0 rings (SSSR count). The largest absolute Gasteiger partial charge is 0.582 e. The summed E-state index contributed by atoms with van der Waals surface area (Å²) in [5, 5.41) is 50.7. The van der Waals surface area contributed by atoms with Gasteiger partial charge in [-0.05, 0) is 25.7 Å². The Hall–Kier alpha value is -4.99. The van der Waals surface area contributed by atoms with E-state index < -0.39 is 47.2 Å². The number of nitriles is 4. The molecule has 4 amide bonds. The molecule has 17 heteroatoms. The van der Waals surface area contributed by atoms with Gasteiger partial charge in [0.1, 0.15) is 0 Å². The van der Waals surface area contributed by atoms with E-state index in [0.717, 1.165) is 51.4 Å². The minimum Gasteiger partial charge on any atom is -0.582 e. The van der Waals surface area contributed by atoms with Gasteiger partial charge in [-0.1, -0.05) is 230 Å². The maximum atomic E-state index is 11.8. The molecule has 0 N–H and O–H groups in total. The zero-order valence-electron chi connectivity index (χ0n) is 42.6. The molecule has 0 heterocycles. The molecule has 16 nitrogen and oxygen atoms in total. The zero-order valence-corrected chi connectivity index (χ0v) is 43.6. The molecule has 0 spiro atoms. The fourth-order valence-corrected chi connectivity index (χ4v) is 6.60. The molecule has 69 heavy (non-hydrogen) atoms. The Morgan fingerprint density at radius 3 is 0.580 bits per heavy atom. The SMILES string of the molecule is CCCCCCCCCCOC(=O)[N-]/C(C#N)=C(/C#N)[N-]C(=O)OCCCCCCCCCC.CCCCCCCCCCOC(=O)[N-]/C(C#N)=C(/C#N)[N-]C(=O)OCCCCCCCCCC.[Ni]. The van der Waals surface area contributed by atoms with Crippen molar-refractivity contribution in [3.63, 3.8) is 0 Å². The summed E-state index contributed by atoms with van der Waals surface area (Å²) in [6, 6.07) is 6.47. The van der Waals surface area contributed by atoms with Crippen LogP contribution in [0.15, 0.2) is 22.8 Å². The number of allylic oxidation sites excluding steroid dienone is 4. The van der Waals surface area contributed by atoms with Gasteiger partial charge < -0.3 is 40.2 Å². The van der Waals surface area contributed by atoms with E-state index in [1.807, 2.05) is 0 Å². The Morgan fingerprint density at radius 2 is 0.435 bits per heavy atom. The molecule has 0 aromatic rings. The van der Waals surface area contributed by atoms with Crippen molar-refractivity contribution in [3.8, 4) is 24.3 Å². The summed E-state index contributed by atoms with van der Waals surface area (Å²) in [4.78, 5) is 47.4. The summed E-state index contributed by atoms with van der Waals surface area (Å²) in [6.07, 6.45) is 31.6. The number of carbonyl (C=O) groups is 4. The van der Waals surface area contributed by atoms with Gasteiger partial charge in [-0.15, -0.1) is 0 Å². The molecule has 394 valence electrons. The van der Waals surface area contributed by atoms with E-state index in [1.165, 1.54) is 128 Å². The minimum atomic E-state index is -0.977. The standard InChI is InChI=1S/2C26H44N4O4.Ni/c2*1-3-5-7-9-11-13-15-17-19-33-25(31)29-23(21-27)24(22-28)30-26(32)34-20-18-16-14-12-10-8-6-4-2;/h2*3-20H2,1-2H3,(H2,29,30,31,32);/p-4/b2*24-23-;. The number of hydrogen-bond acceptors (Lipinski definition) is 12. The van der Waals surface area contributed by atoms with Gasteiger partial charge in [-0.3, -0.25) is 19.2 Å². The molecule has 0 unspecified atom stereocenters. The van der Waals surface area contributed by atoms with E-state index in [2.05, 4.69) is 49.0 Å². The van der Waals surface area contributed by atoms with E-state index in [1.54, 1.807) is 24.3 Å². The van der Waals surface area contributed by atoms with Crippen LogP contribution in [-0.2, 0) is 35.4 Å². The van der Waals surface area contributed by atoms with Gasteiger partial charge in [0.15, 0.2) is 0 Å². The van der Waals surface area contributed by atoms with Crippen molar-refractivity contribution in [1.29, 1.82) is 21.0 Å². The van der Waals surface area contributed by atoms with Crippen LogP contribution in [-0.4, -0.2) is 50.8 Å². The maximum Gasteiger partial charge on any atom is 0.233 e. The van der Waals surface area contributed by atoms with Crippen LogP contribution in [0.3, 0.4) is 0 Å². The first-order chi connectivity index (χ1) is 33.2. The topological polar surface area (TPSA) is 257 Å². The first kappa shape index (κ1) is 68.3. The van der Waals surface area contributed by atoms with Crippen molar-refractivity contribution >= 4 is 24.4 Å². The predicted molar refractivity (Wildman–Crippen MR) is 266 cm³/mol. The first-order valence-electron chi connectivity index (χ1n) is 25.8. The monoisotopic (exact) mass is 1010 g/mol. The molecular weight excluding hydrogens is 923 g/mol. The summed E-state index contributed by atoms with van der Waals surface area (Å²) in [5.74, 6) is 0. The predicted octanol–water partition coefficient (Wildman–Crippen LogP) is 17.1. The van der Waals surface area contributed by atoms with Crippen LogP contribution in [0.25, 0.3) is 21.3 Å². The summed E-state index contributed by atoms with van der Waals surface area (Å²) >= 11 is 0. The van der Waals surface area contributed by atoms with Crippen LogP contribution in [0, 0.1) is 45.3 Å². The van der Waals surface area contributed by atoms with Gasteiger partial charge >= 0.3 is 0 Å². The Balaban J connectivity index is -0.00000124. The summed E-state index contributed by atoms with van der Waals surface area (Å²) in [7, 11) is 0. The summed E-state index contributed by atoms with van der Waals surface area (Å²) in [5.41, 5.74) is -2.25. The fourth-order valence-electron chi connectivity index (χ4n) is 6.60. The number of amides is 4. The third-order valence-electron chi connectivity index (χ3n) is 10.6. The van der Waals surface area contributed by atoms with Gasteiger partial charge in [-0.25, -0.2) is 0 Å². The minimum absolute atomic E-state index is 0. The van der Waals surface area contributed by atoms with Crippen molar-refractivity contribution in [1.82, 2.24) is 0 Å². The summed E-state index contributed by atoms with van der Waals surface area (Å²) < 4.78 is 20.0. The molecule has 0 aromatic heterocycles.